The minimum atomic E-state index is -3.38. The molecule has 1 rings (SSSR count). The Kier molecular flexibility index (Phi) is 3.72. The van der Waals surface area contributed by atoms with Crippen molar-refractivity contribution in [1.82, 2.24) is 0 Å². The van der Waals surface area contributed by atoms with Crippen LogP contribution in [0.1, 0.15) is 27.8 Å². The van der Waals surface area contributed by atoms with Crippen LogP contribution in [0, 0.1) is 34.6 Å². The summed E-state index contributed by atoms with van der Waals surface area (Å²) >= 11 is 3.79. The van der Waals surface area contributed by atoms with Gasteiger partial charge < -0.3 is 0 Å². The maximum absolute atomic E-state index is 11.9. The number of quaternary nitrogens is 1. The number of nitrogens with two attached hydrogens (primary N) is 1. The Morgan fingerprint density at radius 1 is 0.812 bits per heavy atom. The van der Waals surface area contributed by atoms with Gasteiger partial charge in [0.2, 0.25) is 0 Å². The summed E-state index contributed by atoms with van der Waals surface area (Å²) in [7, 11) is -3.38. The summed E-state index contributed by atoms with van der Waals surface area (Å²) in [4.78, 5) is 0.406. The standard InChI is InChI=1S/C11H17NO2S2/c1-6-7(2)9(4)11(10(5)8(6)3)16(13,14)12-15/h12,15H,1-5H3/p+1. The maximum atomic E-state index is 11.9. The van der Waals surface area contributed by atoms with E-state index in [2.05, 4.69) is 12.8 Å². The minimum absolute atomic E-state index is 0.406. The van der Waals surface area contributed by atoms with Crippen LogP contribution in [0.5, 0.6) is 0 Å². The highest BCUT2D eigenvalue weighted by Gasteiger charge is 2.25. The predicted octanol–water partition coefficient (Wildman–Crippen LogP) is 1.33. The summed E-state index contributed by atoms with van der Waals surface area (Å²) in [6, 6.07) is 0. The van der Waals surface area contributed by atoms with E-state index in [0.717, 1.165) is 31.9 Å². The van der Waals surface area contributed by atoms with E-state index in [4.69, 9.17) is 0 Å². The zero-order chi connectivity index (χ0) is 12.7. The Balaban J connectivity index is 3.79. The molecule has 0 bridgehead atoms. The highest BCUT2D eigenvalue weighted by atomic mass is 32.3. The monoisotopic (exact) mass is 260 g/mol. The van der Waals surface area contributed by atoms with E-state index in [1.54, 1.807) is 0 Å². The van der Waals surface area contributed by atoms with Crippen molar-refractivity contribution in [2.45, 2.75) is 39.5 Å². The van der Waals surface area contributed by atoms with Gasteiger partial charge >= 0.3 is 10.0 Å². The number of thiol groups is 1. The topological polar surface area (TPSA) is 50.8 Å². The lowest BCUT2D eigenvalue weighted by molar-refractivity contribution is -0.285. The fourth-order valence-corrected chi connectivity index (χ4v) is 3.53. The van der Waals surface area contributed by atoms with Crippen molar-refractivity contribution in [2.24, 2.45) is 0 Å². The Labute approximate surface area is 103 Å². The van der Waals surface area contributed by atoms with Gasteiger partial charge in [-0.2, -0.15) is 12.5 Å². The first-order chi connectivity index (χ1) is 7.24. The molecule has 0 saturated carbocycles. The molecule has 0 aliphatic heterocycles. The number of hydrogen-bond acceptors (Lipinski definition) is 3. The molecule has 0 heterocycles. The Morgan fingerprint density at radius 3 is 1.44 bits per heavy atom. The van der Waals surface area contributed by atoms with Gasteiger partial charge in [-0.3, -0.25) is 0 Å². The first-order valence-corrected chi connectivity index (χ1v) is 7.09. The SMILES string of the molecule is Cc1c(C)c(C)c(S(=O)(=O)[NH2+]S)c(C)c1C. The Bertz CT molecular complexity index is 504. The molecule has 90 valence electrons. The predicted molar refractivity (Wildman–Crippen MR) is 68.2 cm³/mol. The van der Waals surface area contributed by atoms with Crippen molar-refractivity contribution < 1.29 is 12.5 Å². The molecule has 5 heteroatoms. The van der Waals surface area contributed by atoms with Gasteiger partial charge in [-0.25, -0.2) is 0 Å². The molecule has 0 aliphatic rings. The summed E-state index contributed by atoms with van der Waals surface area (Å²) < 4.78 is 24.8. The average molecular weight is 260 g/mol. The third-order valence-electron chi connectivity index (χ3n) is 3.35. The minimum Gasteiger partial charge on any atom is -0.178 e. The summed E-state index contributed by atoms with van der Waals surface area (Å²) in [6.45, 7) is 9.62. The number of rotatable bonds is 2. The molecular weight excluding hydrogens is 242 g/mol. The van der Waals surface area contributed by atoms with Crippen LogP contribution in [0.4, 0.5) is 0 Å². The van der Waals surface area contributed by atoms with Crippen molar-refractivity contribution in [3.05, 3.63) is 27.8 Å². The van der Waals surface area contributed by atoms with Crippen molar-refractivity contribution in [2.75, 3.05) is 0 Å². The zero-order valence-corrected chi connectivity index (χ0v) is 12.0. The normalized spacial score (nSPS) is 11.9. The largest absolute Gasteiger partial charge is 0.335 e. The first-order valence-electron chi connectivity index (χ1n) is 5.03. The second-order valence-electron chi connectivity index (χ2n) is 4.10. The van der Waals surface area contributed by atoms with E-state index < -0.39 is 10.0 Å². The summed E-state index contributed by atoms with van der Waals surface area (Å²) in [5.74, 6) is 0. The van der Waals surface area contributed by atoms with Crippen LogP contribution in [-0.4, -0.2) is 8.42 Å². The van der Waals surface area contributed by atoms with Crippen LogP contribution < -0.4 is 4.13 Å². The third-order valence-corrected chi connectivity index (χ3v) is 5.65. The molecule has 0 fully saturated rings. The third kappa shape index (κ3) is 1.99. The lowest BCUT2D eigenvalue weighted by atomic mass is 9.95. The van der Waals surface area contributed by atoms with Gasteiger partial charge in [-0.1, -0.05) is 0 Å². The molecule has 0 aromatic heterocycles. The van der Waals surface area contributed by atoms with Crippen LogP contribution >= 0.6 is 12.8 Å². The van der Waals surface area contributed by atoms with Crippen molar-refractivity contribution in [3.8, 4) is 0 Å². The molecule has 0 unspecified atom stereocenters. The zero-order valence-electron chi connectivity index (χ0n) is 10.2. The smallest absolute Gasteiger partial charge is 0.178 e. The fraction of sp³-hybridized carbons (Fsp3) is 0.455. The lowest BCUT2D eigenvalue weighted by Crippen LogP contribution is -2.76. The van der Waals surface area contributed by atoms with Gasteiger partial charge in [0.05, 0.1) is 12.8 Å². The van der Waals surface area contributed by atoms with Crippen LogP contribution in [-0.2, 0) is 10.0 Å². The van der Waals surface area contributed by atoms with Gasteiger partial charge in [-0.15, -0.1) is 0 Å². The number of sulfonamides is 1. The molecule has 1 aromatic carbocycles. The van der Waals surface area contributed by atoms with Crippen LogP contribution in [0.2, 0.25) is 0 Å². The van der Waals surface area contributed by atoms with E-state index in [0.29, 0.717) is 4.90 Å². The van der Waals surface area contributed by atoms with E-state index in [1.807, 2.05) is 34.6 Å². The number of benzene rings is 1. The lowest BCUT2D eigenvalue weighted by Gasteiger charge is -2.16. The van der Waals surface area contributed by atoms with E-state index in [1.165, 1.54) is 0 Å². The van der Waals surface area contributed by atoms with E-state index in [9.17, 15) is 8.42 Å². The van der Waals surface area contributed by atoms with Crippen LogP contribution in [0.25, 0.3) is 0 Å². The molecule has 2 N–H and O–H groups in total. The van der Waals surface area contributed by atoms with Crippen LogP contribution in [0.3, 0.4) is 0 Å². The first kappa shape index (κ1) is 13.5. The van der Waals surface area contributed by atoms with Gasteiger partial charge in [0, 0.05) is 0 Å². The van der Waals surface area contributed by atoms with Gasteiger partial charge in [0.25, 0.3) is 0 Å². The second-order valence-corrected chi connectivity index (χ2v) is 6.45. The Hall–Kier alpha value is -0.520. The highest BCUT2D eigenvalue weighted by Crippen LogP contribution is 2.28. The molecule has 0 amide bonds. The molecule has 0 saturated heterocycles. The second kappa shape index (κ2) is 4.39. The summed E-state index contributed by atoms with van der Waals surface area (Å²) in [6.07, 6.45) is 0. The number of primary sulfonamides is 1. The van der Waals surface area contributed by atoms with Crippen molar-refractivity contribution >= 4 is 22.8 Å². The van der Waals surface area contributed by atoms with E-state index >= 15 is 0 Å². The van der Waals surface area contributed by atoms with Crippen molar-refractivity contribution in [3.63, 3.8) is 0 Å². The summed E-state index contributed by atoms with van der Waals surface area (Å²) in [5, 5.41) is 0. The molecule has 1 aromatic rings. The summed E-state index contributed by atoms with van der Waals surface area (Å²) in [5.41, 5.74) is 4.89. The number of hydrogen-bond donors (Lipinski definition) is 2. The molecule has 16 heavy (non-hydrogen) atoms. The molecule has 0 radical (unpaired) electrons. The molecule has 0 atom stereocenters. The average Bonchev–Trinajstić information content (AvgIpc) is 2.23. The van der Waals surface area contributed by atoms with Crippen LogP contribution in [0.15, 0.2) is 4.90 Å². The molecule has 3 nitrogen and oxygen atoms in total. The fourth-order valence-electron chi connectivity index (χ4n) is 1.95. The molecule has 0 aliphatic carbocycles. The van der Waals surface area contributed by atoms with Gasteiger partial charge in [0.15, 0.2) is 0 Å². The quantitative estimate of drug-likeness (QED) is 0.788. The highest BCUT2D eigenvalue weighted by molar-refractivity contribution is 7.92. The van der Waals surface area contributed by atoms with Gasteiger partial charge in [-0.05, 0) is 62.4 Å². The maximum Gasteiger partial charge on any atom is 0.335 e. The van der Waals surface area contributed by atoms with E-state index in [-0.39, 0.29) is 0 Å². The Morgan fingerprint density at radius 2 is 1.12 bits per heavy atom. The molecule has 0 spiro atoms. The molecular formula is C11H18NO2S2+. The van der Waals surface area contributed by atoms with Crippen molar-refractivity contribution in [1.29, 1.82) is 0 Å². The van der Waals surface area contributed by atoms with Gasteiger partial charge in [0.1, 0.15) is 4.90 Å².